The molecule has 0 bridgehead atoms. The van der Waals surface area contributed by atoms with Gasteiger partial charge >= 0.3 is 0 Å². The van der Waals surface area contributed by atoms with E-state index >= 15 is 0 Å². The molecule has 0 unspecified atom stereocenters. The number of carbonyl (C=O) groups is 1. The van der Waals surface area contributed by atoms with Gasteiger partial charge in [0.2, 0.25) is 0 Å². The number of rotatable bonds is 10. The number of ketones is 1. The minimum atomic E-state index is 0.00371. The van der Waals surface area contributed by atoms with Gasteiger partial charge in [0, 0.05) is 10.8 Å². The maximum Gasteiger partial charge on any atom is 0.177 e. The van der Waals surface area contributed by atoms with Gasteiger partial charge in [0.05, 0.1) is 24.1 Å². The first kappa shape index (κ1) is 20.8. The first-order valence-electron chi connectivity index (χ1n) is 9.34. The summed E-state index contributed by atoms with van der Waals surface area (Å²) < 4.78 is 12.1. The van der Waals surface area contributed by atoms with Crippen LogP contribution in [0.25, 0.3) is 10.8 Å². The van der Waals surface area contributed by atoms with E-state index in [1.54, 1.807) is 0 Å². The van der Waals surface area contributed by atoms with E-state index in [1.165, 1.54) is 0 Å². The number of hydrogen-bond acceptors (Lipinski definition) is 3. The van der Waals surface area contributed by atoms with Gasteiger partial charge in [0.1, 0.15) is 11.5 Å². The van der Waals surface area contributed by atoms with Crippen LogP contribution in [0.3, 0.4) is 0 Å². The Morgan fingerprint density at radius 3 is 2.12 bits per heavy atom. The highest BCUT2D eigenvalue weighted by molar-refractivity contribution is 9.09. The summed E-state index contributed by atoms with van der Waals surface area (Å²) >= 11 is 3.29. The van der Waals surface area contributed by atoms with Crippen molar-refractivity contribution in [3.8, 4) is 11.5 Å². The Balaban J connectivity index is 2.45. The lowest BCUT2D eigenvalue weighted by Crippen LogP contribution is -2.10. The predicted octanol–water partition coefficient (Wildman–Crippen LogP) is 6.27. The topological polar surface area (TPSA) is 35.5 Å². The number of Topliss-reactive ketones (excluding diaryl/α,β-unsaturated/α-hetero) is 1. The van der Waals surface area contributed by atoms with Crippen LogP contribution in [0, 0.1) is 11.8 Å². The largest absolute Gasteiger partial charge is 0.493 e. The zero-order valence-corrected chi connectivity index (χ0v) is 17.8. The molecule has 0 aliphatic heterocycles. The maximum atomic E-state index is 12.5. The minimum Gasteiger partial charge on any atom is -0.493 e. The molecule has 2 aromatic carbocycles. The van der Waals surface area contributed by atoms with Crippen molar-refractivity contribution >= 4 is 32.5 Å². The van der Waals surface area contributed by atoms with Gasteiger partial charge in [-0.3, -0.25) is 4.79 Å². The van der Waals surface area contributed by atoms with Crippen LogP contribution in [0.4, 0.5) is 0 Å². The molecule has 0 aliphatic carbocycles. The molecule has 0 N–H and O–H groups in total. The molecule has 2 aromatic rings. The smallest absolute Gasteiger partial charge is 0.177 e. The molecular weight excluding hydrogens is 392 g/mol. The summed E-state index contributed by atoms with van der Waals surface area (Å²) in [6, 6.07) is 9.83. The third-order valence-electron chi connectivity index (χ3n) is 4.27. The molecule has 0 saturated carbocycles. The van der Waals surface area contributed by atoms with E-state index in [0.29, 0.717) is 36.4 Å². The first-order valence-corrected chi connectivity index (χ1v) is 10.5. The van der Waals surface area contributed by atoms with Crippen molar-refractivity contribution in [2.45, 2.75) is 40.5 Å². The van der Waals surface area contributed by atoms with Crippen LogP contribution in [0.5, 0.6) is 11.5 Å². The monoisotopic (exact) mass is 420 g/mol. The molecular formula is C22H29BrO3. The van der Waals surface area contributed by atoms with Crippen molar-refractivity contribution in [3.05, 3.63) is 35.9 Å². The molecule has 0 aromatic heterocycles. The Kier molecular flexibility index (Phi) is 7.95. The molecule has 0 atom stereocenters. The number of hydrogen-bond donors (Lipinski definition) is 0. The van der Waals surface area contributed by atoms with Crippen LogP contribution >= 0.6 is 15.9 Å². The first-order chi connectivity index (χ1) is 12.4. The van der Waals surface area contributed by atoms with E-state index in [9.17, 15) is 4.79 Å². The van der Waals surface area contributed by atoms with Crippen LogP contribution in [0.15, 0.2) is 30.3 Å². The average molecular weight is 421 g/mol. The summed E-state index contributed by atoms with van der Waals surface area (Å²) in [6.45, 7) is 9.91. The highest BCUT2D eigenvalue weighted by atomic mass is 79.9. The molecule has 0 saturated heterocycles. The Morgan fingerprint density at radius 2 is 1.54 bits per heavy atom. The van der Waals surface area contributed by atoms with E-state index in [2.05, 4.69) is 43.6 Å². The molecule has 0 heterocycles. The average Bonchev–Trinajstić information content (AvgIpc) is 2.61. The quantitative estimate of drug-likeness (QED) is 0.335. The molecule has 3 nitrogen and oxygen atoms in total. The second kappa shape index (κ2) is 9.96. The number of benzene rings is 2. The maximum absolute atomic E-state index is 12.5. The Bertz CT molecular complexity index is 737. The van der Waals surface area contributed by atoms with E-state index in [0.717, 1.165) is 29.4 Å². The molecule has 26 heavy (non-hydrogen) atoms. The number of fused-ring (bicyclic) bond motifs is 1. The van der Waals surface area contributed by atoms with Gasteiger partial charge in [0.25, 0.3) is 0 Å². The van der Waals surface area contributed by atoms with E-state index in [1.807, 2.05) is 30.3 Å². The molecule has 4 heteroatoms. The van der Waals surface area contributed by atoms with E-state index in [4.69, 9.17) is 9.47 Å². The van der Waals surface area contributed by atoms with Crippen molar-refractivity contribution in [1.29, 1.82) is 0 Å². The summed E-state index contributed by atoms with van der Waals surface area (Å²) in [5.74, 6) is 2.55. The van der Waals surface area contributed by atoms with Crippen molar-refractivity contribution in [3.63, 3.8) is 0 Å². The number of carbonyl (C=O) groups excluding carboxylic acids is 1. The summed E-state index contributed by atoms with van der Waals surface area (Å²) in [6.07, 6.45) is 1.92. The van der Waals surface area contributed by atoms with E-state index < -0.39 is 0 Å². The van der Waals surface area contributed by atoms with Gasteiger partial charge in [-0.2, -0.15) is 0 Å². The summed E-state index contributed by atoms with van der Waals surface area (Å²) in [5, 5.41) is 2.18. The molecule has 0 radical (unpaired) electrons. The van der Waals surface area contributed by atoms with Crippen molar-refractivity contribution in [1.82, 2.24) is 0 Å². The molecule has 0 aliphatic rings. The van der Waals surface area contributed by atoms with Gasteiger partial charge in [-0.1, -0.05) is 67.9 Å². The minimum absolute atomic E-state index is 0.00371. The van der Waals surface area contributed by atoms with Crippen molar-refractivity contribution in [2.75, 3.05) is 18.5 Å². The zero-order chi connectivity index (χ0) is 19.1. The van der Waals surface area contributed by atoms with Gasteiger partial charge in [-0.05, 0) is 30.7 Å². The fraction of sp³-hybridized carbons (Fsp3) is 0.500. The molecule has 142 valence electrons. The number of alkyl halides is 1. The Morgan fingerprint density at radius 1 is 0.962 bits per heavy atom. The summed E-state index contributed by atoms with van der Waals surface area (Å²) in [4.78, 5) is 12.5. The standard InChI is InChI=1S/C22H29BrO3/c1-15(2)9-11-25-21-13-19(20(24)14-23)22(26-12-10-16(3)4)18-8-6-5-7-17(18)21/h5-8,13,15-16H,9-12,14H2,1-4H3. The second-order valence-electron chi connectivity index (χ2n) is 7.42. The van der Waals surface area contributed by atoms with Gasteiger partial charge in [-0.15, -0.1) is 0 Å². The lowest BCUT2D eigenvalue weighted by atomic mass is 10.0. The Hall–Kier alpha value is -1.55. The van der Waals surface area contributed by atoms with Gasteiger partial charge < -0.3 is 9.47 Å². The van der Waals surface area contributed by atoms with Crippen LogP contribution in [0.1, 0.15) is 50.9 Å². The highest BCUT2D eigenvalue weighted by Crippen LogP contribution is 2.37. The predicted molar refractivity (Wildman–Crippen MR) is 112 cm³/mol. The number of ether oxygens (including phenoxy) is 2. The van der Waals surface area contributed by atoms with Gasteiger partial charge in [0.15, 0.2) is 5.78 Å². The highest BCUT2D eigenvalue weighted by Gasteiger charge is 2.19. The van der Waals surface area contributed by atoms with Gasteiger partial charge in [-0.25, -0.2) is 0 Å². The molecule has 0 amide bonds. The van der Waals surface area contributed by atoms with Crippen molar-refractivity contribution < 1.29 is 14.3 Å². The number of halogens is 1. The lowest BCUT2D eigenvalue weighted by Gasteiger charge is -2.18. The Labute approximate surface area is 165 Å². The third-order valence-corrected chi connectivity index (χ3v) is 4.78. The molecule has 0 fully saturated rings. The molecule has 2 rings (SSSR count). The summed E-state index contributed by atoms with van der Waals surface area (Å²) in [5.41, 5.74) is 0.587. The van der Waals surface area contributed by atoms with Crippen LogP contribution in [-0.4, -0.2) is 24.3 Å². The normalized spacial score (nSPS) is 11.3. The van der Waals surface area contributed by atoms with E-state index in [-0.39, 0.29) is 11.1 Å². The van der Waals surface area contributed by atoms with Crippen LogP contribution in [0.2, 0.25) is 0 Å². The SMILES string of the molecule is CC(C)CCOc1cc(C(=O)CBr)c(OCCC(C)C)c2ccccc12. The fourth-order valence-electron chi connectivity index (χ4n) is 2.67. The summed E-state index contributed by atoms with van der Waals surface area (Å²) in [7, 11) is 0. The second-order valence-corrected chi connectivity index (χ2v) is 7.98. The third kappa shape index (κ3) is 5.47. The zero-order valence-electron chi connectivity index (χ0n) is 16.2. The molecule has 0 spiro atoms. The lowest BCUT2D eigenvalue weighted by molar-refractivity contribution is 0.101. The van der Waals surface area contributed by atoms with Crippen LogP contribution in [-0.2, 0) is 0 Å². The van der Waals surface area contributed by atoms with Crippen molar-refractivity contribution in [2.24, 2.45) is 11.8 Å². The van der Waals surface area contributed by atoms with Crippen LogP contribution < -0.4 is 9.47 Å². The fourth-order valence-corrected chi connectivity index (χ4v) is 2.97.